The van der Waals surface area contributed by atoms with E-state index in [1.807, 2.05) is 0 Å². The average molecular weight is 160 g/mol. The minimum absolute atomic E-state index is 0.408. The summed E-state index contributed by atoms with van der Waals surface area (Å²) in [5, 5.41) is 0. The first-order valence-electron chi connectivity index (χ1n) is 4.02. The van der Waals surface area contributed by atoms with Crippen molar-refractivity contribution in [2.45, 2.75) is 31.8 Å². The smallest absolute Gasteiger partial charge is 0.0687 e. The van der Waals surface area contributed by atoms with Crippen LogP contribution in [0, 0.1) is 5.92 Å². The van der Waals surface area contributed by atoms with Crippen LogP contribution in [0.25, 0.3) is 0 Å². The Morgan fingerprint density at radius 1 is 1.50 bits per heavy atom. The van der Waals surface area contributed by atoms with Crippen LogP contribution in [-0.2, 0) is 4.74 Å². The molecule has 0 aromatic heterocycles. The summed E-state index contributed by atoms with van der Waals surface area (Å²) in [7, 11) is 1.79. The molecular formula is C8H16OS. The van der Waals surface area contributed by atoms with E-state index in [0.29, 0.717) is 6.10 Å². The summed E-state index contributed by atoms with van der Waals surface area (Å²) >= 11 is 4.25. The Labute approximate surface area is 68.6 Å². The zero-order chi connectivity index (χ0) is 7.40. The summed E-state index contributed by atoms with van der Waals surface area (Å²) < 4.78 is 5.31. The van der Waals surface area contributed by atoms with Crippen molar-refractivity contribution in [3.05, 3.63) is 0 Å². The SMILES string of the molecule is COC(CS)C1CCCC1. The van der Waals surface area contributed by atoms with Crippen molar-refractivity contribution in [1.82, 2.24) is 0 Å². The van der Waals surface area contributed by atoms with Crippen LogP contribution < -0.4 is 0 Å². The van der Waals surface area contributed by atoms with Crippen molar-refractivity contribution in [3.8, 4) is 0 Å². The quantitative estimate of drug-likeness (QED) is 0.622. The molecule has 1 saturated carbocycles. The maximum atomic E-state index is 5.31. The van der Waals surface area contributed by atoms with Gasteiger partial charge in [-0.1, -0.05) is 12.8 Å². The van der Waals surface area contributed by atoms with Gasteiger partial charge in [-0.3, -0.25) is 0 Å². The molecule has 0 aromatic rings. The summed E-state index contributed by atoms with van der Waals surface area (Å²) in [6, 6.07) is 0. The van der Waals surface area contributed by atoms with E-state index in [0.717, 1.165) is 11.7 Å². The molecule has 0 saturated heterocycles. The van der Waals surface area contributed by atoms with E-state index >= 15 is 0 Å². The van der Waals surface area contributed by atoms with Crippen molar-refractivity contribution >= 4 is 12.6 Å². The Bertz CT molecular complexity index is 85.3. The summed E-state index contributed by atoms with van der Waals surface area (Å²) in [6.07, 6.45) is 5.88. The van der Waals surface area contributed by atoms with E-state index in [1.54, 1.807) is 7.11 Å². The monoisotopic (exact) mass is 160 g/mol. The number of hydrogen-bond acceptors (Lipinski definition) is 2. The van der Waals surface area contributed by atoms with Gasteiger partial charge in [0, 0.05) is 12.9 Å². The van der Waals surface area contributed by atoms with Crippen LogP contribution in [0.4, 0.5) is 0 Å². The number of ether oxygens (including phenoxy) is 1. The number of thiol groups is 1. The molecule has 1 aliphatic rings. The van der Waals surface area contributed by atoms with Gasteiger partial charge in [0.25, 0.3) is 0 Å². The zero-order valence-corrected chi connectivity index (χ0v) is 7.44. The van der Waals surface area contributed by atoms with E-state index < -0.39 is 0 Å². The largest absolute Gasteiger partial charge is 0.380 e. The second kappa shape index (κ2) is 4.24. The van der Waals surface area contributed by atoms with Crippen LogP contribution in [0.3, 0.4) is 0 Å². The lowest BCUT2D eigenvalue weighted by Crippen LogP contribution is -2.21. The molecule has 0 spiro atoms. The fourth-order valence-electron chi connectivity index (χ4n) is 1.75. The lowest BCUT2D eigenvalue weighted by atomic mass is 10.0. The van der Waals surface area contributed by atoms with Crippen LogP contribution in [0.15, 0.2) is 0 Å². The van der Waals surface area contributed by atoms with E-state index in [2.05, 4.69) is 12.6 Å². The highest BCUT2D eigenvalue weighted by Crippen LogP contribution is 2.29. The molecule has 10 heavy (non-hydrogen) atoms. The van der Waals surface area contributed by atoms with Gasteiger partial charge in [0.1, 0.15) is 0 Å². The van der Waals surface area contributed by atoms with Gasteiger partial charge in [0.05, 0.1) is 6.10 Å². The molecule has 0 N–H and O–H groups in total. The van der Waals surface area contributed by atoms with Gasteiger partial charge in [0.2, 0.25) is 0 Å². The Kier molecular flexibility index (Phi) is 3.57. The maximum absolute atomic E-state index is 5.31. The van der Waals surface area contributed by atoms with E-state index in [-0.39, 0.29) is 0 Å². The second-order valence-corrected chi connectivity index (χ2v) is 3.37. The fourth-order valence-corrected chi connectivity index (χ4v) is 2.19. The molecule has 1 rings (SSSR count). The average Bonchev–Trinajstić information content (AvgIpc) is 2.43. The summed E-state index contributed by atoms with van der Waals surface area (Å²) in [6.45, 7) is 0. The molecule has 60 valence electrons. The predicted octanol–water partition coefficient (Wildman–Crippen LogP) is 2.12. The summed E-state index contributed by atoms with van der Waals surface area (Å²) in [5.41, 5.74) is 0. The van der Waals surface area contributed by atoms with E-state index in [1.165, 1.54) is 25.7 Å². The first-order chi connectivity index (χ1) is 4.88. The molecule has 0 aliphatic heterocycles. The molecule has 1 unspecified atom stereocenters. The minimum atomic E-state index is 0.408. The van der Waals surface area contributed by atoms with Crippen molar-refractivity contribution < 1.29 is 4.74 Å². The number of hydrogen-bond donors (Lipinski definition) is 1. The van der Waals surface area contributed by atoms with Gasteiger partial charge < -0.3 is 4.74 Å². The predicted molar refractivity (Wildman–Crippen MR) is 46.6 cm³/mol. The number of methoxy groups -OCH3 is 1. The number of rotatable bonds is 3. The van der Waals surface area contributed by atoms with Crippen molar-refractivity contribution in [1.29, 1.82) is 0 Å². The molecule has 2 heteroatoms. The molecule has 0 bridgehead atoms. The molecule has 0 radical (unpaired) electrons. The van der Waals surface area contributed by atoms with Crippen LogP contribution in [0.1, 0.15) is 25.7 Å². The van der Waals surface area contributed by atoms with Gasteiger partial charge in [-0.15, -0.1) is 0 Å². The van der Waals surface area contributed by atoms with Gasteiger partial charge >= 0.3 is 0 Å². The van der Waals surface area contributed by atoms with Crippen LogP contribution in [-0.4, -0.2) is 19.0 Å². The molecule has 0 aromatic carbocycles. The molecule has 1 aliphatic carbocycles. The molecule has 0 amide bonds. The van der Waals surface area contributed by atoms with Crippen LogP contribution in [0.5, 0.6) is 0 Å². The maximum Gasteiger partial charge on any atom is 0.0687 e. The zero-order valence-electron chi connectivity index (χ0n) is 6.55. The summed E-state index contributed by atoms with van der Waals surface area (Å²) in [4.78, 5) is 0. The highest BCUT2D eigenvalue weighted by atomic mass is 32.1. The molecular weight excluding hydrogens is 144 g/mol. The topological polar surface area (TPSA) is 9.23 Å². The summed E-state index contributed by atoms with van der Waals surface area (Å²) in [5.74, 6) is 1.67. The van der Waals surface area contributed by atoms with E-state index in [4.69, 9.17) is 4.74 Å². The third kappa shape index (κ3) is 1.89. The highest BCUT2D eigenvalue weighted by molar-refractivity contribution is 7.80. The minimum Gasteiger partial charge on any atom is -0.380 e. The Balaban J connectivity index is 2.29. The van der Waals surface area contributed by atoms with E-state index in [9.17, 15) is 0 Å². The van der Waals surface area contributed by atoms with Crippen molar-refractivity contribution in [2.75, 3.05) is 12.9 Å². The van der Waals surface area contributed by atoms with Crippen molar-refractivity contribution in [3.63, 3.8) is 0 Å². The van der Waals surface area contributed by atoms with Gasteiger partial charge in [-0.25, -0.2) is 0 Å². The molecule has 1 nitrogen and oxygen atoms in total. The van der Waals surface area contributed by atoms with Gasteiger partial charge in [-0.05, 0) is 18.8 Å². The second-order valence-electron chi connectivity index (χ2n) is 3.00. The van der Waals surface area contributed by atoms with Crippen LogP contribution >= 0.6 is 12.6 Å². The molecule has 1 atom stereocenters. The van der Waals surface area contributed by atoms with Gasteiger partial charge in [-0.2, -0.15) is 12.6 Å². The normalized spacial score (nSPS) is 23.4. The lowest BCUT2D eigenvalue weighted by Gasteiger charge is -2.19. The Morgan fingerprint density at radius 2 is 2.10 bits per heavy atom. The molecule has 0 heterocycles. The van der Waals surface area contributed by atoms with Crippen LogP contribution in [0.2, 0.25) is 0 Å². The lowest BCUT2D eigenvalue weighted by molar-refractivity contribution is 0.0734. The first-order valence-corrected chi connectivity index (χ1v) is 4.65. The standard InChI is InChI=1S/C8H16OS/c1-9-8(6-10)7-4-2-3-5-7/h7-8,10H,2-6H2,1H3. The van der Waals surface area contributed by atoms with Gasteiger partial charge in [0.15, 0.2) is 0 Å². The fraction of sp³-hybridized carbons (Fsp3) is 1.00. The Hall–Kier alpha value is 0.310. The first kappa shape index (κ1) is 8.41. The highest BCUT2D eigenvalue weighted by Gasteiger charge is 2.23. The Morgan fingerprint density at radius 3 is 2.50 bits per heavy atom. The van der Waals surface area contributed by atoms with Crippen molar-refractivity contribution in [2.24, 2.45) is 5.92 Å². The third-order valence-electron chi connectivity index (χ3n) is 2.41. The molecule has 1 fully saturated rings. The third-order valence-corrected chi connectivity index (χ3v) is 2.77.